The third-order valence-electron chi connectivity index (χ3n) is 3.07. The Morgan fingerprint density at radius 2 is 1.87 bits per heavy atom. The number of aromatic nitrogens is 3. The van der Waals surface area contributed by atoms with Crippen LogP contribution in [-0.2, 0) is 6.54 Å². The molecule has 3 aromatic rings. The first-order chi connectivity index (χ1) is 11.1. The normalized spacial score (nSPS) is 11.0. The van der Waals surface area contributed by atoms with Gasteiger partial charge in [-0.25, -0.2) is 9.37 Å². The van der Waals surface area contributed by atoms with Crippen LogP contribution in [0.1, 0.15) is 5.69 Å². The maximum absolute atomic E-state index is 12.9. The summed E-state index contributed by atoms with van der Waals surface area (Å²) in [6.07, 6.45) is 0. The number of rotatable bonds is 5. The van der Waals surface area contributed by atoms with Crippen LogP contribution < -0.4 is 5.32 Å². The van der Waals surface area contributed by atoms with Crippen LogP contribution in [0.25, 0.3) is 11.3 Å². The van der Waals surface area contributed by atoms with E-state index in [0.717, 1.165) is 22.9 Å². The fourth-order valence-electron chi connectivity index (χ4n) is 2.04. The van der Waals surface area contributed by atoms with E-state index in [-0.39, 0.29) is 5.82 Å². The third kappa shape index (κ3) is 4.08. The molecule has 0 fully saturated rings. The molecule has 0 bridgehead atoms. The quantitative estimate of drug-likeness (QED) is 0.776. The van der Waals surface area contributed by atoms with E-state index in [2.05, 4.69) is 25.4 Å². The Labute approximate surface area is 137 Å². The Morgan fingerprint density at radius 3 is 2.52 bits per heavy atom. The SMILES string of the molecule is CN(C)Cc1csc(Nc2ccc(-c3ccc(F)cc3)nn2)n1. The van der Waals surface area contributed by atoms with Crippen molar-refractivity contribution in [2.75, 3.05) is 19.4 Å². The molecule has 0 saturated carbocycles. The number of thiazole rings is 1. The van der Waals surface area contributed by atoms with Gasteiger partial charge in [0.15, 0.2) is 10.9 Å². The molecular weight excluding hydrogens is 313 g/mol. The zero-order valence-electron chi connectivity index (χ0n) is 12.8. The zero-order chi connectivity index (χ0) is 16.2. The first-order valence-corrected chi connectivity index (χ1v) is 7.94. The second-order valence-corrected chi connectivity index (χ2v) is 6.18. The smallest absolute Gasteiger partial charge is 0.188 e. The topological polar surface area (TPSA) is 53.9 Å². The molecule has 1 aromatic carbocycles. The molecule has 7 heteroatoms. The summed E-state index contributed by atoms with van der Waals surface area (Å²) in [4.78, 5) is 6.56. The predicted octanol–water partition coefficient (Wildman–Crippen LogP) is 3.54. The van der Waals surface area contributed by atoms with Crippen LogP contribution in [-0.4, -0.2) is 34.2 Å². The van der Waals surface area contributed by atoms with Gasteiger partial charge in [0.1, 0.15) is 5.82 Å². The molecular formula is C16H16FN5S. The van der Waals surface area contributed by atoms with Gasteiger partial charge in [-0.1, -0.05) is 0 Å². The van der Waals surface area contributed by atoms with E-state index in [4.69, 9.17) is 0 Å². The van der Waals surface area contributed by atoms with Gasteiger partial charge < -0.3 is 10.2 Å². The maximum atomic E-state index is 12.9. The molecule has 1 N–H and O–H groups in total. The average Bonchev–Trinajstić information content (AvgIpc) is 2.95. The summed E-state index contributed by atoms with van der Waals surface area (Å²) in [6.45, 7) is 0.799. The van der Waals surface area contributed by atoms with E-state index < -0.39 is 0 Å². The second-order valence-electron chi connectivity index (χ2n) is 5.32. The molecule has 118 valence electrons. The van der Waals surface area contributed by atoms with Gasteiger partial charge in [0.05, 0.1) is 11.4 Å². The summed E-state index contributed by atoms with van der Waals surface area (Å²) in [5, 5.41) is 14.2. The molecule has 0 unspecified atom stereocenters. The van der Waals surface area contributed by atoms with Crippen LogP contribution in [0.4, 0.5) is 15.3 Å². The average molecular weight is 329 g/mol. The Hall–Kier alpha value is -2.38. The van der Waals surface area contributed by atoms with Gasteiger partial charge in [0.25, 0.3) is 0 Å². The highest BCUT2D eigenvalue weighted by atomic mass is 32.1. The summed E-state index contributed by atoms with van der Waals surface area (Å²) < 4.78 is 12.9. The molecule has 0 atom stereocenters. The van der Waals surface area contributed by atoms with Crippen molar-refractivity contribution in [3.05, 3.63) is 53.3 Å². The van der Waals surface area contributed by atoms with Gasteiger partial charge in [0, 0.05) is 17.5 Å². The van der Waals surface area contributed by atoms with Crippen LogP contribution >= 0.6 is 11.3 Å². The second kappa shape index (κ2) is 6.80. The van der Waals surface area contributed by atoms with Crippen molar-refractivity contribution < 1.29 is 4.39 Å². The predicted molar refractivity (Wildman–Crippen MR) is 90.2 cm³/mol. The van der Waals surface area contributed by atoms with Gasteiger partial charge in [-0.15, -0.1) is 21.5 Å². The summed E-state index contributed by atoms with van der Waals surface area (Å²) in [5.41, 5.74) is 2.54. The first kappa shape index (κ1) is 15.5. The minimum Gasteiger partial charge on any atom is -0.315 e. The molecule has 23 heavy (non-hydrogen) atoms. The number of nitrogens with one attached hydrogen (secondary N) is 1. The molecule has 0 spiro atoms. The number of anilines is 2. The van der Waals surface area contributed by atoms with Crippen LogP contribution in [0.2, 0.25) is 0 Å². The van der Waals surface area contributed by atoms with Crippen molar-refractivity contribution >= 4 is 22.3 Å². The Morgan fingerprint density at radius 1 is 1.09 bits per heavy atom. The highest BCUT2D eigenvalue weighted by Crippen LogP contribution is 2.22. The van der Waals surface area contributed by atoms with Gasteiger partial charge in [-0.3, -0.25) is 0 Å². The molecule has 0 aliphatic carbocycles. The summed E-state index contributed by atoms with van der Waals surface area (Å²) in [7, 11) is 4.01. The van der Waals surface area contributed by atoms with E-state index in [1.807, 2.05) is 31.6 Å². The molecule has 2 heterocycles. The number of hydrogen-bond donors (Lipinski definition) is 1. The van der Waals surface area contributed by atoms with E-state index in [0.29, 0.717) is 11.5 Å². The minimum absolute atomic E-state index is 0.266. The van der Waals surface area contributed by atoms with Gasteiger partial charge in [-0.2, -0.15) is 0 Å². The summed E-state index contributed by atoms with van der Waals surface area (Å²) in [6, 6.07) is 9.85. The lowest BCUT2D eigenvalue weighted by Gasteiger charge is -2.05. The Kier molecular flexibility index (Phi) is 4.59. The van der Waals surface area contributed by atoms with Gasteiger partial charge in [-0.05, 0) is 50.5 Å². The zero-order valence-corrected chi connectivity index (χ0v) is 13.6. The van der Waals surface area contributed by atoms with Gasteiger partial charge >= 0.3 is 0 Å². The van der Waals surface area contributed by atoms with Crippen LogP contribution in [0, 0.1) is 5.82 Å². The molecule has 0 saturated heterocycles. The minimum atomic E-state index is -0.266. The molecule has 0 aliphatic rings. The Balaban J connectivity index is 1.70. The standard InChI is InChI=1S/C16H16FN5S/c1-22(2)9-13-10-23-16(18-13)19-15-8-7-14(20-21-15)11-3-5-12(17)6-4-11/h3-8,10H,9H2,1-2H3,(H,18,19,21). The van der Waals surface area contributed by atoms with Gasteiger partial charge in [0.2, 0.25) is 0 Å². The lowest BCUT2D eigenvalue weighted by molar-refractivity contribution is 0.398. The van der Waals surface area contributed by atoms with Crippen LogP contribution in [0.5, 0.6) is 0 Å². The summed E-state index contributed by atoms with van der Waals surface area (Å²) >= 11 is 1.53. The highest BCUT2D eigenvalue weighted by Gasteiger charge is 2.06. The van der Waals surface area contributed by atoms with E-state index >= 15 is 0 Å². The number of nitrogens with zero attached hydrogens (tertiary/aromatic N) is 4. The Bertz CT molecular complexity index is 768. The van der Waals surface area contributed by atoms with E-state index in [1.54, 1.807) is 12.1 Å². The molecule has 5 nitrogen and oxygen atoms in total. The largest absolute Gasteiger partial charge is 0.315 e. The molecule has 0 aliphatic heterocycles. The number of hydrogen-bond acceptors (Lipinski definition) is 6. The fourth-order valence-corrected chi connectivity index (χ4v) is 2.75. The van der Waals surface area contributed by atoms with Crippen molar-refractivity contribution in [3.63, 3.8) is 0 Å². The third-order valence-corrected chi connectivity index (χ3v) is 3.88. The maximum Gasteiger partial charge on any atom is 0.188 e. The number of halogens is 1. The van der Waals surface area contributed by atoms with Crippen LogP contribution in [0.3, 0.4) is 0 Å². The lowest BCUT2D eigenvalue weighted by Crippen LogP contribution is -2.10. The highest BCUT2D eigenvalue weighted by molar-refractivity contribution is 7.13. The first-order valence-electron chi connectivity index (χ1n) is 7.06. The van der Waals surface area contributed by atoms with Crippen molar-refractivity contribution in [1.82, 2.24) is 20.1 Å². The van der Waals surface area contributed by atoms with Crippen molar-refractivity contribution in [2.24, 2.45) is 0 Å². The molecule has 2 aromatic heterocycles. The molecule has 3 rings (SSSR count). The van der Waals surface area contributed by atoms with Crippen molar-refractivity contribution in [2.45, 2.75) is 6.54 Å². The summed E-state index contributed by atoms with van der Waals surface area (Å²) in [5.74, 6) is 0.360. The molecule has 0 radical (unpaired) electrons. The van der Waals surface area contributed by atoms with Crippen molar-refractivity contribution in [3.8, 4) is 11.3 Å². The number of benzene rings is 1. The van der Waals surface area contributed by atoms with E-state index in [1.165, 1.54) is 23.5 Å². The molecule has 0 amide bonds. The monoisotopic (exact) mass is 329 g/mol. The van der Waals surface area contributed by atoms with E-state index in [9.17, 15) is 4.39 Å². The lowest BCUT2D eigenvalue weighted by atomic mass is 10.1. The van der Waals surface area contributed by atoms with Crippen LogP contribution in [0.15, 0.2) is 41.8 Å². The fraction of sp³-hybridized carbons (Fsp3) is 0.188. The van der Waals surface area contributed by atoms with Crippen molar-refractivity contribution in [1.29, 1.82) is 0 Å².